The number of hydrogen-bond donors (Lipinski definition) is 0. The van der Waals surface area contributed by atoms with Gasteiger partial charge in [0, 0.05) is 68.6 Å². The monoisotopic (exact) mass is 426 g/mol. The van der Waals surface area contributed by atoms with Crippen LogP contribution in [0, 0.1) is 0 Å². The van der Waals surface area contributed by atoms with E-state index in [0.29, 0.717) is 18.6 Å². The van der Waals surface area contributed by atoms with Crippen LogP contribution < -0.4 is 4.90 Å². The quantitative estimate of drug-likeness (QED) is 0.678. The van der Waals surface area contributed by atoms with Crippen LogP contribution in [0.15, 0.2) is 24.3 Å². The van der Waals surface area contributed by atoms with Crippen molar-refractivity contribution in [1.82, 2.24) is 14.7 Å². The van der Waals surface area contributed by atoms with Crippen molar-refractivity contribution in [2.75, 3.05) is 50.7 Å². The topological polar surface area (TPSA) is 47.1 Å². The Bertz CT molecular complexity index is 754. The molecule has 0 bridgehead atoms. The molecule has 6 heteroatoms. The molecule has 2 saturated heterocycles. The highest BCUT2D eigenvalue weighted by molar-refractivity contribution is 5.94. The van der Waals surface area contributed by atoms with Gasteiger partial charge in [-0.1, -0.05) is 12.8 Å². The Labute approximate surface area is 187 Å². The molecule has 0 unspecified atom stereocenters. The van der Waals surface area contributed by atoms with Crippen molar-refractivity contribution in [3.05, 3.63) is 29.8 Å². The fourth-order valence-electron chi connectivity index (χ4n) is 5.65. The molecule has 170 valence electrons. The van der Waals surface area contributed by atoms with Gasteiger partial charge in [0.15, 0.2) is 5.78 Å². The van der Waals surface area contributed by atoms with Crippen LogP contribution in [-0.4, -0.2) is 90.3 Å². The molecule has 1 amide bonds. The largest absolute Gasteiger partial charge is 0.368 e. The minimum Gasteiger partial charge on any atom is -0.368 e. The fourth-order valence-corrected chi connectivity index (χ4v) is 5.65. The van der Waals surface area contributed by atoms with Gasteiger partial charge in [-0.2, -0.15) is 0 Å². The summed E-state index contributed by atoms with van der Waals surface area (Å²) in [6.07, 6.45) is 5.41. The van der Waals surface area contributed by atoms with Gasteiger partial charge in [0.2, 0.25) is 5.91 Å². The summed E-state index contributed by atoms with van der Waals surface area (Å²) in [6.45, 7) is 12.2. The van der Waals surface area contributed by atoms with Crippen LogP contribution in [-0.2, 0) is 4.79 Å². The Hall–Kier alpha value is -1.92. The number of piperazine rings is 2. The molecule has 4 rings (SSSR count). The van der Waals surface area contributed by atoms with E-state index in [2.05, 4.69) is 33.4 Å². The van der Waals surface area contributed by atoms with Crippen LogP contribution in [0.25, 0.3) is 0 Å². The lowest BCUT2D eigenvalue weighted by Crippen LogP contribution is -2.60. The van der Waals surface area contributed by atoms with Crippen LogP contribution in [0.1, 0.15) is 56.8 Å². The van der Waals surface area contributed by atoms with Gasteiger partial charge in [-0.25, -0.2) is 0 Å². The number of hydrogen-bond acceptors (Lipinski definition) is 5. The summed E-state index contributed by atoms with van der Waals surface area (Å²) in [7, 11) is 0. The lowest BCUT2D eigenvalue weighted by Gasteiger charge is -2.46. The fraction of sp³-hybridized carbons (Fsp3) is 0.680. The number of carbonyl (C=O) groups excluding carboxylic acids is 2. The second-order valence-electron chi connectivity index (χ2n) is 9.73. The maximum atomic E-state index is 13.1. The third kappa shape index (κ3) is 5.12. The van der Waals surface area contributed by atoms with E-state index < -0.39 is 0 Å². The first-order valence-corrected chi connectivity index (χ1v) is 12.1. The predicted octanol–water partition coefficient (Wildman–Crippen LogP) is 2.88. The van der Waals surface area contributed by atoms with E-state index in [1.807, 2.05) is 24.3 Å². The third-order valence-corrected chi connectivity index (χ3v) is 7.57. The molecule has 1 aliphatic carbocycles. The van der Waals surface area contributed by atoms with Gasteiger partial charge in [-0.05, 0) is 57.9 Å². The Balaban J connectivity index is 1.29. The van der Waals surface area contributed by atoms with Crippen LogP contribution in [0.4, 0.5) is 5.69 Å². The second kappa shape index (κ2) is 9.70. The molecular weight excluding hydrogens is 388 g/mol. The summed E-state index contributed by atoms with van der Waals surface area (Å²) in [5.41, 5.74) is 1.90. The molecule has 2 heterocycles. The van der Waals surface area contributed by atoms with Crippen LogP contribution in [0.5, 0.6) is 0 Å². The first kappa shape index (κ1) is 22.3. The average molecular weight is 427 g/mol. The van der Waals surface area contributed by atoms with E-state index in [1.165, 1.54) is 25.7 Å². The summed E-state index contributed by atoms with van der Waals surface area (Å²) in [4.78, 5) is 34.0. The molecule has 31 heavy (non-hydrogen) atoms. The van der Waals surface area contributed by atoms with Gasteiger partial charge in [-0.3, -0.25) is 19.4 Å². The van der Waals surface area contributed by atoms with Crippen LogP contribution in [0.2, 0.25) is 0 Å². The Morgan fingerprint density at radius 3 is 2.03 bits per heavy atom. The summed E-state index contributed by atoms with van der Waals surface area (Å²) in [5.74, 6) is 0.379. The highest BCUT2D eigenvalue weighted by Gasteiger charge is 2.33. The molecule has 1 saturated carbocycles. The highest BCUT2D eigenvalue weighted by Crippen LogP contribution is 2.25. The van der Waals surface area contributed by atoms with Gasteiger partial charge < -0.3 is 9.80 Å². The SMILES string of the molecule is CC(=O)c1ccc(N2C[C@@H](C)N(CC(=O)N3CCN(C4CCCC4)CC3)[C@@H](C)C2)cc1. The molecule has 0 spiro atoms. The van der Waals surface area contributed by atoms with Gasteiger partial charge in [0.25, 0.3) is 0 Å². The molecule has 0 N–H and O–H groups in total. The van der Waals surface area contributed by atoms with Crippen molar-refractivity contribution in [1.29, 1.82) is 0 Å². The Morgan fingerprint density at radius 2 is 1.48 bits per heavy atom. The third-order valence-electron chi connectivity index (χ3n) is 7.57. The normalized spacial score (nSPS) is 26.4. The molecular formula is C25H38N4O2. The summed E-state index contributed by atoms with van der Waals surface area (Å²) in [5, 5.41) is 0. The van der Waals surface area contributed by atoms with Gasteiger partial charge in [-0.15, -0.1) is 0 Å². The van der Waals surface area contributed by atoms with Crippen molar-refractivity contribution >= 4 is 17.4 Å². The maximum Gasteiger partial charge on any atom is 0.236 e. The first-order valence-electron chi connectivity index (χ1n) is 12.1. The standard InChI is InChI=1S/C25H38N4O2/c1-19-16-28(24-10-8-22(9-11-24)21(3)30)17-20(2)29(19)18-25(31)27-14-12-26(13-15-27)23-6-4-5-7-23/h8-11,19-20,23H,4-7,12-18H2,1-3H3/t19-,20+. The zero-order chi connectivity index (χ0) is 22.0. The summed E-state index contributed by atoms with van der Waals surface area (Å²) in [6, 6.07) is 9.28. The number of ketones is 1. The zero-order valence-electron chi connectivity index (χ0n) is 19.4. The molecule has 1 aromatic rings. The van der Waals surface area contributed by atoms with Gasteiger partial charge in [0.1, 0.15) is 0 Å². The average Bonchev–Trinajstić information content (AvgIpc) is 3.31. The number of nitrogens with zero attached hydrogens (tertiary/aromatic N) is 4. The van der Waals surface area contributed by atoms with E-state index in [9.17, 15) is 9.59 Å². The van der Waals surface area contributed by atoms with E-state index in [4.69, 9.17) is 0 Å². The number of anilines is 1. The molecule has 0 aromatic heterocycles. The van der Waals surface area contributed by atoms with E-state index in [0.717, 1.165) is 56.6 Å². The number of carbonyl (C=O) groups is 2. The van der Waals surface area contributed by atoms with Crippen LogP contribution in [0.3, 0.4) is 0 Å². The van der Waals surface area contributed by atoms with Gasteiger partial charge in [0.05, 0.1) is 6.54 Å². The second-order valence-corrected chi connectivity index (χ2v) is 9.73. The smallest absolute Gasteiger partial charge is 0.236 e. The predicted molar refractivity (Wildman–Crippen MR) is 125 cm³/mol. The summed E-state index contributed by atoms with van der Waals surface area (Å²) >= 11 is 0. The molecule has 2 aliphatic heterocycles. The lowest BCUT2D eigenvalue weighted by molar-refractivity contribution is -0.135. The molecule has 6 nitrogen and oxygen atoms in total. The maximum absolute atomic E-state index is 13.1. The number of rotatable bonds is 5. The van der Waals surface area contributed by atoms with E-state index >= 15 is 0 Å². The Morgan fingerprint density at radius 1 is 0.903 bits per heavy atom. The lowest BCUT2D eigenvalue weighted by atomic mass is 10.1. The highest BCUT2D eigenvalue weighted by atomic mass is 16.2. The molecule has 3 fully saturated rings. The van der Waals surface area contributed by atoms with Crippen molar-refractivity contribution in [2.45, 2.75) is 64.6 Å². The van der Waals surface area contributed by atoms with Crippen molar-refractivity contribution in [3.63, 3.8) is 0 Å². The van der Waals surface area contributed by atoms with Gasteiger partial charge >= 0.3 is 0 Å². The number of amides is 1. The molecule has 1 aromatic carbocycles. The van der Waals surface area contributed by atoms with E-state index in [-0.39, 0.29) is 11.7 Å². The minimum absolute atomic E-state index is 0.0979. The molecule has 3 aliphatic rings. The molecule has 0 radical (unpaired) electrons. The van der Waals surface area contributed by atoms with Crippen molar-refractivity contribution < 1.29 is 9.59 Å². The van der Waals surface area contributed by atoms with E-state index in [1.54, 1.807) is 6.92 Å². The number of Topliss-reactive ketones (excluding diaryl/α,β-unsaturated/α-hetero) is 1. The van der Waals surface area contributed by atoms with Crippen LogP contribution >= 0.6 is 0 Å². The number of benzene rings is 1. The zero-order valence-corrected chi connectivity index (χ0v) is 19.4. The van der Waals surface area contributed by atoms with Crippen molar-refractivity contribution in [2.24, 2.45) is 0 Å². The minimum atomic E-state index is 0.0979. The first-order chi connectivity index (χ1) is 14.9. The van der Waals surface area contributed by atoms with Crippen molar-refractivity contribution in [3.8, 4) is 0 Å². The molecule has 2 atom stereocenters. The summed E-state index contributed by atoms with van der Waals surface area (Å²) < 4.78 is 0. The Kier molecular flexibility index (Phi) is 6.97.